The van der Waals surface area contributed by atoms with Crippen LogP contribution in [0.1, 0.15) is 18.9 Å². The first-order valence-electron chi connectivity index (χ1n) is 5.79. The van der Waals surface area contributed by atoms with E-state index < -0.39 is 5.82 Å². The number of nitrogens with one attached hydrogen (secondary N) is 1. The lowest BCUT2D eigenvalue weighted by molar-refractivity contribution is -0.121. The summed E-state index contributed by atoms with van der Waals surface area (Å²) in [6.45, 7) is 1.83. The van der Waals surface area contributed by atoms with E-state index in [1.165, 1.54) is 19.2 Å². The van der Waals surface area contributed by atoms with Gasteiger partial charge in [0.05, 0.1) is 13.5 Å². The third kappa shape index (κ3) is 4.33. The summed E-state index contributed by atoms with van der Waals surface area (Å²) >= 11 is 0. The molecule has 0 aliphatic heterocycles. The molecule has 4 nitrogen and oxygen atoms in total. The van der Waals surface area contributed by atoms with E-state index in [1.807, 2.05) is 6.92 Å². The van der Waals surface area contributed by atoms with E-state index in [4.69, 9.17) is 9.84 Å². The van der Waals surface area contributed by atoms with Crippen LogP contribution >= 0.6 is 0 Å². The fraction of sp³-hybridized carbons (Fsp3) is 0.462. The Labute approximate surface area is 106 Å². The first-order chi connectivity index (χ1) is 8.56. The third-order valence-corrected chi connectivity index (χ3v) is 2.55. The van der Waals surface area contributed by atoms with Crippen LogP contribution in [0.3, 0.4) is 0 Å². The van der Waals surface area contributed by atoms with Crippen molar-refractivity contribution >= 4 is 5.91 Å². The summed E-state index contributed by atoms with van der Waals surface area (Å²) in [4.78, 5) is 11.6. The molecule has 0 aliphatic carbocycles. The van der Waals surface area contributed by atoms with Crippen LogP contribution in [0.4, 0.5) is 4.39 Å². The SMILES string of the molecule is COc1ccc(CC(=O)NC(C)CCO)cc1F. The third-order valence-electron chi connectivity index (χ3n) is 2.55. The molecule has 1 aromatic carbocycles. The first-order valence-corrected chi connectivity index (χ1v) is 5.79. The molecular weight excluding hydrogens is 237 g/mol. The van der Waals surface area contributed by atoms with E-state index >= 15 is 0 Å². The van der Waals surface area contributed by atoms with Crippen LogP contribution in [0.25, 0.3) is 0 Å². The van der Waals surface area contributed by atoms with E-state index in [2.05, 4.69) is 5.32 Å². The number of hydrogen-bond donors (Lipinski definition) is 2. The molecule has 0 spiro atoms. The molecule has 0 radical (unpaired) electrons. The van der Waals surface area contributed by atoms with Crippen molar-refractivity contribution in [3.8, 4) is 5.75 Å². The standard InChI is InChI=1S/C13H18FNO3/c1-9(5-6-16)15-13(17)8-10-3-4-12(18-2)11(14)7-10/h3-4,7,9,16H,5-6,8H2,1-2H3,(H,15,17). The van der Waals surface area contributed by atoms with E-state index in [0.717, 1.165) is 0 Å². The number of aliphatic hydroxyl groups is 1. The number of carbonyl (C=O) groups is 1. The Bertz CT molecular complexity index is 409. The van der Waals surface area contributed by atoms with Crippen LogP contribution in [0.15, 0.2) is 18.2 Å². The van der Waals surface area contributed by atoms with Crippen molar-refractivity contribution in [2.75, 3.05) is 13.7 Å². The molecule has 0 bridgehead atoms. The Balaban J connectivity index is 2.57. The summed E-state index contributed by atoms with van der Waals surface area (Å²) in [6, 6.07) is 4.34. The normalized spacial score (nSPS) is 12.0. The van der Waals surface area contributed by atoms with Crippen LogP contribution in [0.2, 0.25) is 0 Å². The molecule has 1 atom stereocenters. The molecule has 0 fully saturated rings. The number of aliphatic hydroxyl groups excluding tert-OH is 1. The smallest absolute Gasteiger partial charge is 0.224 e. The quantitative estimate of drug-likeness (QED) is 0.804. The van der Waals surface area contributed by atoms with Crippen molar-refractivity contribution in [2.45, 2.75) is 25.8 Å². The zero-order chi connectivity index (χ0) is 13.5. The number of benzene rings is 1. The van der Waals surface area contributed by atoms with Crippen LogP contribution < -0.4 is 10.1 Å². The molecular formula is C13H18FNO3. The van der Waals surface area contributed by atoms with Crippen molar-refractivity contribution in [1.82, 2.24) is 5.32 Å². The summed E-state index contributed by atoms with van der Waals surface area (Å²) < 4.78 is 18.2. The maximum atomic E-state index is 13.4. The minimum absolute atomic E-state index is 0.0264. The first kappa shape index (κ1) is 14.4. The molecule has 1 amide bonds. The fourth-order valence-electron chi connectivity index (χ4n) is 1.60. The second-order valence-electron chi connectivity index (χ2n) is 4.13. The van der Waals surface area contributed by atoms with Gasteiger partial charge in [0.1, 0.15) is 0 Å². The van der Waals surface area contributed by atoms with Gasteiger partial charge in [-0.2, -0.15) is 0 Å². The van der Waals surface area contributed by atoms with Gasteiger partial charge in [-0.25, -0.2) is 4.39 Å². The molecule has 5 heteroatoms. The second kappa shape index (κ2) is 6.96. The molecule has 0 heterocycles. The highest BCUT2D eigenvalue weighted by Gasteiger charge is 2.10. The summed E-state index contributed by atoms with van der Waals surface area (Å²) in [5, 5.41) is 11.4. The predicted molar refractivity (Wildman–Crippen MR) is 66.0 cm³/mol. The highest BCUT2D eigenvalue weighted by atomic mass is 19.1. The average Bonchev–Trinajstić information content (AvgIpc) is 2.29. The zero-order valence-electron chi connectivity index (χ0n) is 10.6. The van der Waals surface area contributed by atoms with E-state index in [9.17, 15) is 9.18 Å². The van der Waals surface area contributed by atoms with E-state index in [-0.39, 0.29) is 30.7 Å². The van der Waals surface area contributed by atoms with Gasteiger partial charge in [-0.3, -0.25) is 4.79 Å². The highest BCUT2D eigenvalue weighted by Crippen LogP contribution is 2.17. The minimum atomic E-state index is -0.480. The largest absolute Gasteiger partial charge is 0.494 e. The van der Waals surface area contributed by atoms with Gasteiger partial charge in [0, 0.05) is 12.6 Å². The Morgan fingerprint density at radius 1 is 1.56 bits per heavy atom. The molecule has 0 saturated heterocycles. The van der Waals surface area contributed by atoms with Crippen LogP contribution in [-0.2, 0) is 11.2 Å². The molecule has 100 valence electrons. The molecule has 0 saturated carbocycles. The van der Waals surface area contributed by atoms with Crippen molar-refractivity contribution in [3.05, 3.63) is 29.6 Å². The Morgan fingerprint density at radius 3 is 2.83 bits per heavy atom. The average molecular weight is 255 g/mol. The maximum Gasteiger partial charge on any atom is 0.224 e. The Hall–Kier alpha value is -1.62. The number of methoxy groups -OCH3 is 1. The number of carbonyl (C=O) groups excluding carboxylic acids is 1. The minimum Gasteiger partial charge on any atom is -0.494 e. The monoisotopic (exact) mass is 255 g/mol. The lowest BCUT2D eigenvalue weighted by Gasteiger charge is -2.12. The Morgan fingerprint density at radius 2 is 2.28 bits per heavy atom. The summed E-state index contributed by atoms with van der Waals surface area (Å²) in [5.41, 5.74) is 0.585. The van der Waals surface area contributed by atoms with Crippen molar-refractivity contribution < 1.29 is 19.0 Å². The van der Waals surface area contributed by atoms with Gasteiger partial charge in [0.15, 0.2) is 11.6 Å². The number of hydrogen-bond acceptors (Lipinski definition) is 3. The van der Waals surface area contributed by atoms with E-state index in [1.54, 1.807) is 6.07 Å². The summed E-state index contributed by atoms with van der Waals surface area (Å²) in [5.74, 6) is -0.514. The van der Waals surface area contributed by atoms with Gasteiger partial charge in [-0.05, 0) is 31.0 Å². The molecule has 1 unspecified atom stereocenters. The molecule has 2 N–H and O–H groups in total. The Kier molecular flexibility index (Phi) is 5.58. The molecule has 1 aromatic rings. The predicted octanol–water partition coefficient (Wildman–Crippen LogP) is 1.26. The lowest BCUT2D eigenvalue weighted by Crippen LogP contribution is -2.34. The molecule has 0 aromatic heterocycles. The van der Waals surface area contributed by atoms with Crippen molar-refractivity contribution in [3.63, 3.8) is 0 Å². The van der Waals surface area contributed by atoms with Gasteiger partial charge in [-0.1, -0.05) is 6.07 Å². The molecule has 1 rings (SSSR count). The number of amides is 1. The number of rotatable bonds is 6. The van der Waals surface area contributed by atoms with Crippen LogP contribution in [0, 0.1) is 5.82 Å². The molecule has 18 heavy (non-hydrogen) atoms. The topological polar surface area (TPSA) is 58.6 Å². The van der Waals surface area contributed by atoms with Gasteiger partial charge in [0.2, 0.25) is 5.91 Å². The van der Waals surface area contributed by atoms with E-state index in [0.29, 0.717) is 12.0 Å². The molecule has 0 aliphatic rings. The van der Waals surface area contributed by atoms with Gasteiger partial charge >= 0.3 is 0 Å². The van der Waals surface area contributed by atoms with Gasteiger partial charge in [-0.15, -0.1) is 0 Å². The van der Waals surface area contributed by atoms with Crippen LogP contribution in [-0.4, -0.2) is 30.8 Å². The number of halogens is 1. The summed E-state index contributed by atoms with van der Waals surface area (Å²) in [7, 11) is 1.39. The summed E-state index contributed by atoms with van der Waals surface area (Å²) in [6.07, 6.45) is 0.611. The lowest BCUT2D eigenvalue weighted by atomic mass is 10.1. The highest BCUT2D eigenvalue weighted by molar-refractivity contribution is 5.78. The van der Waals surface area contributed by atoms with Crippen LogP contribution in [0.5, 0.6) is 5.75 Å². The van der Waals surface area contributed by atoms with Gasteiger partial charge in [0.25, 0.3) is 0 Å². The van der Waals surface area contributed by atoms with Crippen molar-refractivity contribution in [1.29, 1.82) is 0 Å². The van der Waals surface area contributed by atoms with Crippen molar-refractivity contribution in [2.24, 2.45) is 0 Å². The maximum absolute atomic E-state index is 13.4. The van der Waals surface area contributed by atoms with Gasteiger partial charge < -0.3 is 15.2 Å². The second-order valence-corrected chi connectivity index (χ2v) is 4.13. The fourth-order valence-corrected chi connectivity index (χ4v) is 1.60. The zero-order valence-corrected chi connectivity index (χ0v) is 10.6. The number of ether oxygens (including phenoxy) is 1.